The molecule has 0 aliphatic carbocycles. The summed E-state index contributed by atoms with van der Waals surface area (Å²) in [6.45, 7) is 7.61. The third kappa shape index (κ3) is 2.78. The molecule has 0 radical (unpaired) electrons. The number of halogens is 1. The van der Waals surface area contributed by atoms with Crippen molar-refractivity contribution < 1.29 is 9.63 Å². The number of phenolic OH excluding ortho intramolecular Hbond substituents is 1. The second kappa shape index (κ2) is 6.48. The predicted octanol–water partition coefficient (Wildman–Crippen LogP) is 5.10. The van der Waals surface area contributed by atoms with Gasteiger partial charge in [-0.1, -0.05) is 10.3 Å². The van der Waals surface area contributed by atoms with Gasteiger partial charge in [-0.3, -0.25) is 0 Å². The third-order valence-electron chi connectivity index (χ3n) is 4.36. The van der Waals surface area contributed by atoms with Crippen molar-refractivity contribution in [2.75, 3.05) is 0 Å². The molecule has 0 aliphatic rings. The molecule has 25 heavy (non-hydrogen) atoms. The summed E-state index contributed by atoms with van der Waals surface area (Å²) in [4.78, 5) is 11.0. The van der Waals surface area contributed by atoms with Crippen LogP contribution in [0.1, 0.15) is 28.3 Å². The van der Waals surface area contributed by atoms with Crippen molar-refractivity contribution in [3.63, 3.8) is 0 Å². The average molecular weight is 404 g/mol. The summed E-state index contributed by atoms with van der Waals surface area (Å²) in [5, 5.41) is 16.9. The Hall–Kier alpha value is -2.41. The zero-order valence-corrected chi connectivity index (χ0v) is 16.0. The monoisotopic (exact) mass is 403 g/mol. The maximum Gasteiger partial charge on any atom is 0.157 e. The number of hydrogen-bond donors (Lipinski definition) is 1. The fourth-order valence-corrected chi connectivity index (χ4v) is 3.77. The van der Waals surface area contributed by atoms with Crippen LogP contribution in [0.15, 0.2) is 32.4 Å². The molecule has 7 heteroatoms. The van der Waals surface area contributed by atoms with E-state index in [1.165, 1.54) is 0 Å². The fourth-order valence-electron chi connectivity index (χ4n) is 3.15. The first-order valence-electron chi connectivity index (χ1n) is 7.78. The normalized spacial score (nSPS) is 11.1. The molecule has 0 atom stereocenters. The molecule has 0 aliphatic heterocycles. The van der Waals surface area contributed by atoms with Gasteiger partial charge in [-0.15, -0.1) is 0 Å². The van der Waals surface area contributed by atoms with Crippen LogP contribution < -0.4 is 0 Å². The van der Waals surface area contributed by atoms with Gasteiger partial charge in [-0.25, -0.2) is 0 Å². The maximum absolute atomic E-state index is 11.0. The van der Waals surface area contributed by atoms with Crippen LogP contribution in [0.3, 0.4) is 0 Å². The molecule has 0 bridgehead atoms. The number of aryl methyl sites for hydroxylation is 3. The van der Waals surface area contributed by atoms with Crippen LogP contribution >= 0.6 is 15.9 Å². The smallest absolute Gasteiger partial charge is 0.157 e. The topological polar surface area (TPSA) is 80.6 Å². The first-order chi connectivity index (χ1) is 11.9. The Kier molecular flexibility index (Phi) is 4.51. The van der Waals surface area contributed by atoms with E-state index in [1.54, 1.807) is 12.1 Å². The Bertz CT molecular complexity index is 953. The number of rotatable bonds is 4. The van der Waals surface area contributed by atoms with Crippen LogP contribution in [0, 0.1) is 32.6 Å². The number of aromatic nitrogens is 2. The van der Waals surface area contributed by atoms with Gasteiger partial charge in [-0.2, -0.15) is 4.91 Å². The van der Waals surface area contributed by atoms with Crippen LogP contribution in [0.2, 0.25) is 0 Å². The average Bonchev–Trinajstić information content (AvgIpc) is 3.00. The van der Waals surface area contributed by atoms with E-state index in [9.17, 15) is 10.0 Å². The van der Waals surface area contributed by atoms with E-state index in [2.05, 4.69) is 26.3 Å². The highest BCUT2D eigenvalue weighted by molar-refractivity contribution is 9.10. The number of aromatic hydroxyl groups is 1. The van der Waals surface area contributed by atoms with Crippen molar-refractivity contribution in [2.45, 2.75) is 34.2 Å². The molecular formula is C18H18BrN3O3. The highest BCUT2D eigenvalue weighted by Crippen LogP contribution is 2.41. The van der Waals surface area contributed by atoms with Crippen LogP contribution in [0.25, 0.3) is 16.9 Å². The Morgan fingerprint density at radius 1 is 1.28 bits per heavy atom. The Labute approximate surface area is 153 Å². The minimum absolute atomic E-state index is 0.0334. The molecule has 0 unspecified atom stereocenters. The van der Waals surface area contributed by atoms with E-state index >= 15 is 0 Å². The van der Waals surface area contributed by atoms with Gasteiger partial charge in [0.15, 0.2) is 5.76 Å². The second-order valence-corrected chi connectivity index (χ2v) is 6.82. The standard InChI is InChI=1S/C18H18BrN3O3/c1-9-7-13(23)5-6-14(9)18-16(19)10(2)15(8-20-24)22(18)17-11(3)21-25-12(17)4/h5-7,23H,8H2,1-4H3. The fraction of sp³-hybridized carbons (Fsp3) is 0.278. The van der Waals surface area contributed by atoms with Gasteiger partial charge in [0.25, 0.3) is 0 Å². The number of hydrogen-bond acceptors (Lipinski definition) is 5. The molecule has 3 aromatic rings. The summed E-state index contributed by atoms with van der Waals surface area (Å²) >= 11 is 3.67. The van der Waals surface area contributed by atoms with Gasteiger partial charge >= 0.3 is 0 Å². The summed E-state index contributed by atoms with van der Waals surface area (Å²) in [6, 6.07) is 5.21. The number of nitroso groups, excluding NO2 is 1. The van der Waals surface area contributed by atoms with Crippen LogP contribution in [-0.4, -0.2) is 14.8 Å². The molecule has 1 N–H and O–H groups in total. The van der Waals surface area contributed by atoms with Crippen molar-refractivity contribution in [3.05, 3.63) is 55.9 Å². The summed E-state index contributed by atoms with van der Waals surface area (Å²) in [6.07, 6.45) is 0. The lowest BCUT2D eigenvalue weighted by atomic mass is 10.0. The van der Waals surface area contributed by atoms with Gasteiger partial charge < -0.3 is 14.2 Å². The van der Waals surface area contributed by atoms with Gasteiger partial charge in [0.05, 0.1) is 11.4 Å². The molecule has 0 amide bonds. The highest BCUT2D eigenvalue weighted by atomic mass is 79.9. The van der Waals surface area contributed by atoms with Crippen LogP contribution in [0.4, 0.5) is 0 Å². The lowest BCUT2D eigenvalue weighted by Gasteiger charge is -2.14. The summed E-state index contributed by atoms with van der Waals surface area (Å²) in [5.41, 5.74) is 5.96. The van der Waals surface area contributed by atoms with Crippen LogP contribution in [0.5, 0.6) is 5.75 Å². The molecule has 2 aromatic heterocycles. The van der Waals surface area contributed by atoms with E-state index in [0.717, 1.165) is 43.9 Å². The second-order valence-electron chi connectivity index (χ2n) is 6.03. The molecule has 1 aromatic carbocycles. The van der Waals surface area contributed by atoms with Crippen molar-refractivity contribution in [3.8, 4) is 22.7 Å². The zero-order chi connectivity index (χ0) is 18.3. The highest BCUT2D eigenvalue weighted by Gasteiger charge is 2.26. The van der Waals surface area contributed by atoms with Gasteiger partial charge in [0.2, 0.25) is 0 Å². The molecule has 0 saturated heterocycles. The zero-order valence-electron chi connectivity index (χ0n) is 14.4. The number of benzene rings is 1. The molecule has 0 saturated carbocycles. The van der Waals surface area contributed by atoms with Crippen molar-refractivity contribution in [1.82, 2.24) is 9.72 Å². The van der Waals surface area contributed by atoms with Gasteiger partial charge in [0.1, 0.15) is 23.7 Å². The quantitative estimate of drug-likeness (QED) is 0.614. The van der Waals surface area contributed by atoms with Crippen molar-refractivity contribution in [1.29, 1.82) is 0 Å². The third-order valence-corrected chi connectivity index (χ3v) is 5.33. The minimum Gasteiger partial charge on any atom is -0.508 e. The maximum atomic E-state index is 11.0. The summed E-state index contributed by atoms with van der Waals surface area (Å²) < 4.78 is 8.19. The van der Waals surface area contributed by atoms with E-state index in [1.807, 2.05) is 38.3 Å². The Balaban J connectivity index is 2.43. The van der Waals surface area contributed by atoms with Crippen molar-refractivity contribution >= 4 is 15.9 Å². The van der Waals surface area contributed by atoms with Crippen LogP contribution in [-0.2, 0) is 6.54 Å². The molecule has 130 valence electrons. The van der Waals surface area contributed by atoms with Gasteiger partial charge in [0, 0.05) is 10.0 Å². The number of phenols is 1. The SMILES string of the molecule is Cc1cc(O)ccc1-c1c(Br)c(C)c(CN=O)n1-c1c(C)noc1C. The number of nitrogens with zero attached hydrogens (tertiary/aromatic N) is 3. The molecule has 0 fully saturated rings. The van der Waals surface area contributed by atoms with Crippen molar-refractivity contribution in [2.24, 2.45) is 5.18 Å². The van der Waals surface area contributed by atoms with E-state index < -0.39 is 0 Å². The van der Waals surface area contributed by atoms with E-state index in [4.69, 9.17) is 4.52 Å². The summed E-state index contributed by atoms with van der Waals surface area (Å²) in [5.74, 6) is 0.865. The molecule has 3 rings (SSSR count). The molecule has 2 heterocycles. The van der Waals surface area contributed by atoms with E-state index in [0.29, 0.717) is 5.76 Å². The predicted molar refractivity (Wildman–Crippen MR) is 99.1 cm³/mol. The molecule has 0 spiro atoms. The first kappa shape index (κ1) is 17.4. The largest absolute Gasteiger partial charge is 0.508 e. The minimum atomic E-state index is 0.0334. The van der Waals surface area contributed by atoms with Gasteiger partial charge in [-0.05, 0) is 73.0 Å². The summed E-state index contributed by atoms with van der Waals surface area (Å²) in [7, 11) is 0. The molecule has 6 nitrogen and oxygen atoms in total. The molecular weight excluding hydrogens is 386 g/mol. The van der Waals surface area contributed by atoms with E-state index in [-0.39, 0.29) is 12.3 Å². The Morgan fingerprint density at radius 3 is 2.56 bits per heavy atom. The lowest BCUT2D eigenvalue weighted by molar-refractivity contribution is 0.393. The Morgan fingerprint density at radius 2 is 2.00 bits per heavy atom. The first-order valence-corrected chi connectivity index (χ1v) is 8.58. The lowest BCUT2D eigenvalue weighted by Crippen LogP contribution is -2.05.